The van der Waals surface area contributed by atoms with E-state index in [4.69, 9.17) is 27.9 Å². The number of nitrogens with zero attached hydrogens (tertiary/aromatic N) is 2. The fourth-order valence-corrected chi connectivity index (χ4v) is 2.40. The molecular weight excluding hydrogens is 299 g/mol. The molecule has 6 heteroatoms. The zero-order valence-electron chi connectivity index (χ0n) is 11.0. The lowest BCUT2D eigenvalue weighted by Crippen LogP contribution is -2.27. The van der Waals surface area contributed by atoms with Crippen molar-refractivity contribution in [1.29, 1.82) is 0 Å². The van der Waals surface area contributed by atoms with Crippen LogP contribution in [0.4, 0.5) is 0 Å². The first kappa shape index (κ1) is 15.0. The highest BCUT2D eigenvalue weighted by Crippen LogP contribution is 2.18. The van der Waals surface area contributed by atoms with Gasteiger partial charge in [0.2, 0.25) is 0 Å². The van der Waals surface area contributed by atoms with E-state index in [-0.39, 0.29) is 15.9 Å². The summed E-state index contributed by atoms with van der Waals surface area (Å²) in [5.74, 6) is 0. The van der Waals surface area contributed by atoms with Crippen LogP contribution in [0.15, 0.2) is 35.1 Å². The minimum atomic E-state index is -0.348. The predicted molar refractivity (Wildman–Crippen MR) is 79.6 cm³/mol. The van der Waals surface area contributed by atoms with E-state index >= 15 is 0 Å². The molecule has 0 saturated heterocycles. The van der Waals surface area contributed by atoms with E-state index in [1.54, 1.807) is 7.11 Å². The van der Waals surface area contributed by atoms with Crippen molar-refractivity contribution in [3.05, 3.63) is 62.2 Å². The van der Waals surface area contributed by atoms with Gasteiger partial charge in [-0.15, -0.1) is 0 Å². The fraction of sp³-hybridized carbons (Fsp3) is 0.286. The molecule has 4 nitrogen and oxygen atoms in total. The van der Waals surface area contributed by atoms with Gasteiger partial charge >= 0.3 is 0 Å². The summed E-state index contributed by atoms with van der Waals surface area (Å²) in [5.41, 5.74) is 1.34. The molecule has 2 rings (SSSR count). The molecular formula is C14H14Cl2N2O2. The SMILES string of the molecule is COCCn1c(Cc2ccccc2)c(Cl)nc(Cl)c1=O. The number of hydrogen-bond acceptors (Lipinski definition) is 3. The molecule has 0 unspecified atom stereocenters. The number of halogens is 2. The van der Waals surface area contributed by atoms with Gasteiger partial charge in [-0.25, -0.2) is 4.98 Å². The molecule has 0 aliphatic heterocycles. The van der Waals surface area contributed by atoms with Gasteiger partial charge in [-0.05, 0) is 5.56 Å². The van der Waals surface area contributed by atoms with Crippen molar-refractivity contribution in [2.75, 3.05) is 13.7 Å². The van der Waals surface area contributed by atoms with Crippen LogP contribution in [0, 0.1) is 0 Å². The summed E-state index contributed by atoms with van der Waals surface area (Å²) in [6, 6.07) is 9.74. The molecule has 0 aliphatic carbocycles. The van der Waals surface area contributed by atoms with E-state index in [2.05, 4.69) is 4.98 Å². The Morgan fingerprint density at radius 3 is 2.55 bits per heavy atom. The smallest absolute Gasteiger partial charge is 0.288 e. The molecule has 1 aromatic heterocycles. The molecule has 20 heavy (non-hydrogen) atoms. The quantitative estimate of drug-likeness (QED) is 0.852. The molecule has 0 spiro atoms. The summed E-state index contributed by atoms with van der Waals surface area (Å²) in [6.45, 7) is 0.790. The molecule has 0 radical (unpaired) electrons. The van der Waals surface area contributed by atoms with Crippen molar-refractivity contribution < 1.29 is 4.74 Å². The maximum atomic E-state index is 12.1. The van der Waals surface area contributed by atoms with Gasteiger partial charge in [0, 0.05) is 20.1 Å². The number of rotatable bonds is 5. The second-order valence-corrected chi connectivity index (χ2v) is 4.97. The minimum Gasteiger partial charge on any atom is -0.383 e. The summed E-state index contributed by atoms with van der Waals surface area (Å²) < 4.78 is 6.54. The van der Waals surface area contributed by atoms with Gasteiger partial charge in [-0.1, -0.05) is 53.5 Å². The Balaban J connectivity index is 2.45. The fourth-order valence-electron chi connectivity index (χ4n) is 1.92. The molecule has 2 aromatic rings. The van der Waals surface area contributed by atoms with E-state index < -0.39 is 0 Å². The Hall–Kier alpha value is -1.36. The maximum Gasteiger partial charge on any atom is 0.288 e. The summed E-state index contributed by atoms with van der Waals surface area (Å²) in [4.78, 5) is 16.0. The highest BCUT2D eigenvalue weighted by Gasteiger charge is 2.14. The first-order chi connectivity index (χ1) is 9.63. The molecule has 0 amide bonds. The molecule has 1 heterocycles. The molecule has 0 aliphatic rings. The van der Waals surface area contributed by atoms with Crippen molar-refractivity contribution in [2.24, 2.45) is 0 Å². The molecule has 0 bridgehead atoms. The lowest BCUT2D eigenvalue weighted by molar-refractivity contribution is 0.185. The second-order valence-electron chi connectivity index (χ2n) is 4.25. The Labute approximate surface area is 126 Å². The van der Waals surface area contributed by atoms with Crippen LogP contribution in [-0.2, 0) is 17.7 Å². The average Bonchev–Trinajstić information content (AvgIpc) is 2.45. The van der Waals surface area contributed by atoms with Crippen molar-refractivity contribution >= 4 is 23.2 Å². The molecule has 1 aromatic carbocycles. The van der Waals surface area contributed by atoms with Gasteiger partial charge in [0.25, 0.3) is 5.56 Å². The van der Waals surface area contributed by atoms with Crippen LogP contribution in [0.3, 0.4) is 0 Å². The van der Waals surface area contributed by atoms with Crippen LogP contribution < -0.4 is 5.56 Å². The third kappa shape index (κ3) is 3.39. The molecule has 0 N–H and O–H groups in total. The van der Waals surface area contributed by atoms with Crippen LogP contribution >= 0.6 is 23.2 Å². The van der Waals surface area contributed by atoms with Crippen molar-refractivity contribution in [2.45, 2.75) is 13.0 Å². The van der Waals surface area contributed by atoms with E-state index in [0.717, 1.165) is 5.56 Å². The van der Waals surface area contributed by atoms with Crippen LogP contribution in [0.25, 0.3) is 0 Å². The second kappa shape index (κ2) is 6.88. The van der Waals surface area contributed by atoms with Crippen LogP contribution in [0.2, 0.25) is 10.3 Å². The van der Waals surface area contributed by atoms with Crippen LogP contribution in [0.1, 0.15) is 11.3 Å². The van der Waals surface area contributed by atoms with Gasteiger partial charge < -0.3 is 9.30 Å². The molecule has 106 valence electrons. The number of benzene rings is 1. The number of methoxy groups -OCH3 is 1. The normalized spacial score (nSPS) is 10.8. The van der Waals surface area contributed by atoms with Crippen LogP contribution in [0.5, 0.6) is 0 Å². The lowest BCUT2D eigenvalue weighted by Gasteiger charge is -2.14. The van der Waals surface area contributed by atoms with Gasteiger partial charge in [0.15, 0.2) is 10.3 Å². The zero-order chi connectivity index (χ0) is 14.5. The summed E-state index contributed by atoms with van der Waals surface area (Å²) >= 11 is 11.9. The predicted octanol–water partition coefficient (Wildman–Crippen LogP) is 2.79. The van der Waals surface area contributed by atoms with E-state index in [1.165, 1.54) is 4.57 Å². The number of ether oxygens (including phenoxy) is 1. The number of hydrogen-bond donors (Lipinski definition) is 0. The molecule has 0 saturated carbocycles. The maximum absolute atomic E-state index is 12.1. The Kier molecular flexibility index (Phi) is 5.17. The third-order valence-electron chi connectivity index (χ3n) is 2.92. The van der Waals surface area contributed by atoms with Crippen molar-refractivity contribution in [1.82, 2.24) is 9.55 Å². The van der Waals surface area contributed by atoms with Crippen LogP contribution in [-0.4, -0.2) is 23.3 Å². The molecule has 0 atom stereocenters. The van der Waals surface area contributed by atoms with Gasteiger partial charge in [0.05, 0.1) is 12.3 Å². The standard InChI is InChI=1S/C14H14Cl2N2O2/c1-20-8-7-18-11(9-10-5-3-2-4-6-10)12(15)17-13(16)14(18)19/h2-6H,7-9H2,1H3. The Morgan fingerprint density at radius 1 is 1.20 bits per heavy atom. The van der Waals surface area contributed by atoms with E-state index in [0.29, 0.717) is 25.3 Å². The minimum absolute atomic E-state index is 0.122. The Bertz CT molecular complexity index is 642. The largest absolute Gasteiger partial charge is 0.383 e. The lowest BCUT2D eigenvalue weighted by atomic mass is 10.1. The van der Waals surface area contributed by atoms with E-state index in [1.807, 2.05) is 30.3 Å². The Morgan fingerprint density at radius 2 is 1.90 bits per heavy atom. The summed E-state index contributed by atoms with van der Waals surface area (Å²) in [6.07, 6.45) is 0.517. The monoisotopic (exact) mass is 312 g/mol. The zero-order valence-corrected chi connectivity index (χ0v) is 12.5. The van der Waals surface area contributed by atoms with Crippen molar-refractivity contribution in [3.8, 4) is 0 Å². The topological polar surface area (TPSA) is 44.1 Å². The summed E-state index contributed by atoms with van der Waals surface area (Å²) in [7, 11) is 1.58. The highest BCUT2D eigenvalue weighted by molar-refractivity contribution is 6.32. The molecule has 0 fully saturated rings. The van der Waals surface area contributed by atoms with Crippen molar-refractivity contribution in [3.63, 3.8) is 0 Å². The number of aromatic nitrogens is 2. The van der Waals surface area contributed by atoms with Gasteiger partial charge in [0.1, 0.15) is 0 Å². The van der Waals surface area contributed by atoms with E-state index in [9.17, 15) is 4.79 Å². The first-order valence-corrected chi connectivity index (χ1v) is 6.86. The third-order valence-corrected chi connectivity index (χ3v) is 3.46. The van der Waals surface area contributed by atoms with Gasteiger partial charge in [-0.3, -0.25) is 4.79 Å². The average molecular weight is 313 g/mol. The highest BCUT2D eigenvalue weighted by atomic mass is 35.5. The first-order valence-electron chi connectivity index (χ1n) is 6.11. The summed E-state index contributed by atoms with van der Waals surface area (Å²) in [5, 5.41) is 0.123. The van der Waals surface area contributed by atoms with Gasteiger partial charge in [-0.2, -0.15) is 0 Å².